The number of halogens is 3. The van der Waals surface area contributed by atoms with Gasteiger partial charge in [0.2, 0.25) is 0 Å². The van der Waals surface area contributed by atoms with Crippen LogP contribution >= 0.6 is 51.3 Å². The maximum Gasteiger partial charge on any atom is 0.260 e. The van der Waals surface area contributed by atoms with E-state index < -0.39 is 0 Å². The fraction of sp³-hybridized carbons (Fsp3) is 0. The Labute approximate surface area is 93.7 Å². The molecule has 64 valence electrons. The predicted molar refractivity (Wildman–Crippen MR) is 58.2 cm³/mol. The van der Waals surface area contributed by atoms with Crippen LogP contribution in [-0.4, -0.2) is 4.51 Å². The fourth-order valence-corrected chi connectivity index (χ4v) is 1.53. The summed E-state index contributed by atoms with van der Waals surface area (Å²) in [5, 5.41) is 0.465. The van der Waals surface area contributed by atoms with Crippen LogP contribution in [0.15, 0.2) is 22.7 Å². The molecular formula is C7H3BrCl2OS. The molecule has 0 aliphatic carbocycles. The molecule has 0 atom stereocenters. The van der Waals surface area contributed by atoms with Gasteiger partial charge in [0.15, 0.2) is 0 Å². The summed E-state index contributed by atoms with van der Waals surface area (Å²) >= 11 is 19.0. The lowest BCUT2D eigenvalue weighted by Crippen LogP contribution is -1.95. The summed E-state index contributed by atoms with van der Waals surface area (Å²) in [6.07, 6.45) is 0. The second-order valence-corrected chi connectivity index (χ2v) is 4.18. The zero-order chi connectivity index (χ0) is 9.14. The molecule has 0 N–H and O–H groups in total. The third kappa shape index (κ3) is 2.90. The van der Waals surface area contributed by atoms with Gasteiger partial charge in [-0.25, -0.2) is 0 Å². The first-order valence-corrected chi connectivity index (χ1v) is 4.87. The first-order valence-electron chi connectivity index (χ1n) is 2.92. The normalized spacial score (nSPS) is 9.58. The van der Waals surface area contributed by atoms with E-state index in [1.165, 1.54) is 0 Å². The third-order valence-corrected chi connectivity index (χ3v) is 2.03. The van der Waals surface area contributed by atoms with Crippen LogP contribution in [0.3, 0.4) is 0 Å². The average molecular weight is 286 g/mol. The highest BCUT2D eigenvalue weighted by Crippen LogP contribution is 2.28. The first kappa shape index (κ1) is 10.3. The predicted octanol–water partition coefficient (Wildman–Crippen LogP) is 4.01. The van der Waals surface area contributed by atoms with Crippen LogP contribution in [0, 0.1) is 0 Å². The highest BCUT2D eigenvalue weighted by Gasteiger charge is 2.03. The zero-order valence-corrected chi connectivity index (χ0v) is 9.60. The van der Waals surface area contributed by atoms with Crippen molar-refractivity contribution in [2.45, 2.75) is 0 Å². The molecule has 12 heavy (non-hydrogen) atoms. The molecule has 1 aromatic carbocycles. The Kier molecular flexibility index (Phi) is 3.77. The highest BCUT2D eigenvalue weighted by atomic mass is 79.9. The van der Waals surface area contributed by atoms with Crippen LogP contribution in [0.2, 0.25) is 5.02 Å². The van der Waals surface area contributed by atoms with Crippen LogP contribution in [0.25, 0.3) is 0 Å². The van der Waals surface area contributed by atoms with E-state index in [4.69, 9.17) is 27.9 Å². The summed E-state index contributed by atoms with van der Waals surface area (Å²) in [6.45, 7) is 0. The van der Waals surface area contributed by atoms with Crippen LogP contribution in [0.5, 0.6) is 5.75 Å². The highest BCUT2D eigenvalue weighted by molar-refractivity contribution is 9.10. The van der Waals surface area contributed by atoms with E-state index in [0.29, 0.717) is 10.8 Å². The van der Waals surface area contributed by atoms with E-state index in [1.54, 1.807) is 18.2 Å². The van der Waals surface area contributed by atoms with E-state index in [2.05, 4.69) is 28.1 Å². The minimum absolute atomic E-state index is 0.0702. The molecule has 0 amide bonds. The van der Waals surface area contributed by atoms with Crippen molar-refractivity contribution >= 4 is 55.9 Å². The minimum atomic E-state index is -0.0702. The topological polar surface area (TPSA) is 9.23 Å². The molecule has 0 aliphatic rings. The van der Waals surface area contributed by atoms with Crippen LogP contribution in [0.1, 0.15) is 0 Å². The van der Waals surface area contributed by atoms with Gasteiger partial charge in [0.25, 0.3) is 4.51 Å². The van der Waals surface area contributed by atoms with Crippen LogP contribution in [0.4, 0.5) is 0 Å². The second-order valence-electron chi connectivity index (χ2n) is 1.91. The second kappa shape index (κ2) is 4.42. The summed E-state index contributed by atoms with van der Waals surface area (Å²) in [5.41, 5.74) is 0. The minimum Gasteiger partial charge on any atom is -0.434 e. The van der Waals surface area contributed by atoms with Gasteiger partial charge in [0.05, 0.1) is 5.02 Å². The van der Waals surface area contributed by atoms with E-state index in [1.807, 2.05) is 0 Å². The largest absolute Gasteiger partial charge is 0.434 e. The smallest absolute Gasteiger partial charge is 0.260 e. The Bertz CT molecular complexity index is 316. The maximum atomic E-state index is 5.80. The van der Waals surface area contributed by atoms with E-state index >= 15 is 0 Å². The summed E-state index contributed by atoms with van der Waals surface area (Å²) < 4.78 is 5.75. The molecule has 0 spiro atoms. The molecule has 1 rings (SSSR count). The van der Waals surface area contributed by atoms with Gasteiger partial charge in [0, 0.05) is 4.47 Å². The molecule has 0 fully saturated rings. The van der Waals surface area contributed by atoms with Gasteiger partial charge < -0.3 is 4.74 Å². The Morgan fingerprint density at radius 1 is 1.50 bits per heavy atom. The van der Waals surface area contributed by atoms with Crippen LogP contribution in [-0.2, 0) is 0 Å². The van der Waals surface area contributed by atoms with E-state index in [-0.39, 0.29) is 4.51 Å². The average Bonchev–Trinajstić information content (AvgIpc) is 1.94. The number of hydrogen-bond donors (Lipinski definition) is 0. The zero-order valence-electron chi connectivity index (χ0n) is 5.68. The molecule has 0 saturated carbocycles. The van der Waals surface area contributed by atoms with Crippen molar-refractivity contribution in [1.29, 1.82) is 0 Å². The Morgan fingerprint density at radius 2 is 2.17 bits per heavy atom. The molecule has 0 heterocycles. The Balaban J connectivity index is 2.93. The molecule has 1 aromatic rings. The molecule has 5 heteroatoms. The van der Waals surface area contributed by atoms with Gasteiger partial charge in [0.1, 0.15) is 5.75 Å². The number of hydrogen-bond acceptors (Lipinski definition) is 2. The van der Waals surface area contributed by atoms with Crippen molar-refractivity contribution in [3.8, 4) is 5.75 Å². The van der Waals surface area contributed by atoms with Gasteiger partial charge in [-0.2, -0.15) is 0 Å². The maximum absolute atomic E-state index is 5.80. The lowest BCUT2D eigenvalue weighted by atomic mass is 10.3. The summed E-state index contributed by atoms with van der Waals surface area (Å²) in [5.74, 6) is 0.458. The van der Waals surface area contributed by atoms with Gasteiger partial charge in [-0.15, -0.1) is 0 Å². The molecular weight excluding hydrogens is 283 g/mol. The SMILES string of the molecule is S=C(Cl)Oc1ccc(Br)cc1Cl. The number of ether oxygens (including phenoxy) is 1. The lowest BCUT2D eigenvalue weighted by molar-refractivity contribution is 0.578. The summed E-state index contributed by atoms with van der Waals surface area (Å²) in [6, 6.07) is 5.17. The van der Waals surface area contributed by atoms with Crippen molar-refractivity contribution in [1.82, 2.24) is 0 Å². The molecule has 0 saturated heterocycles. The number of benzene rings is 1. The van der Waals surface area contributed by atoms with Crippen LogP contribution < -0.4 is 4.74 Å². The molecule has 0 bridgehead atoms. The third-order valence-electron chi connectivity index (χ3n) is 1.08. The van der Waals surface area contributed by atoms with Crippen molar-refractivity contribution < 1.29 is 4.74 Å². The lowest BCUT2D eigenvalue weighted by Gasteiger charge is -2.03. The molecule has 0 radical (unpaired) electrons. The molecule has 0 aromatic heterocycles. The van der Waals surface area contributed by atoms with Crippen molar-refractivity contribution in [3.63, 3.8) is 0 Å². The molecule has 0 unspecified atom stereocenters. The summed E-state index contributed by atoms with van der Waals surface area (Å²) in [4.78, 5) is 0. The van der Waals surface area contributed by atoms with Crippen molar-refractivity contribution in [3.05, 3.63) is 27.7 Å². The number of thiocarbonyl (C=S) groups is 1. The van der Waals surface area contributed by atoms with Crippen molar-refractivity contribution in [2.75, 3.05) is 0 Å². The first-order chi connectivity index (χ1) is 5.59. The monoisotopic (exact) mass is 284 g/mol. The number of rotatable bonds is 1. The summed E-state index contributed by atoms with van der Waals surface area (Å²) in [7, 11) is 0. The quantitative estimate of drug-likeness (QED) is 0.570. The van der Waals surface area contributed by atoms with Crippen molar-refractivity contribution in [2.24, 2.45) is 0 Å². The van der Waals surface area contributed by atoms with Gasteiger partial charge in [-0.05, 0) is 42.0 Å². The molecule has 1 nitrogen and oxygen atoms in total. The standard InChI is InChI=1S/C7H3BrCl2OS/c8-4-1-2-6(5(9)3-4)11-7(10)12/h1-3H. The van der Waals surface area contributed by atoms with Gasteiger partial charge >= 0.3 is 0 Å². The Hall–Kier alpha value is 0.170. The van der Waals surface area contributed by atoms with Gasteiger partial charge in [-0.3, -0.25) is 0 Å². The van der Waals surface area contributed by atoms with E-state index in [9.17, 15) is 0 Å². The van der Waals surface area contributed by atoms with Gasteiger partial charge in [-0.1, -0.05) is 27.5 Å². The molecule has 0 aliphatic heterocycles. The van der Waals surface area contributed by atoms with E-state index in [0.717, 1.165) is 4.47 Å². The fourth-order valence-electron chi connectivity index (χ4n) is 0.644. The Morgan fingerprint density at radius 3 is 2.67 bits per heavy atom.